The Morgan fingerprint density at radius 1 is 0.540 bits per heavy atom. The number of allylic oxidation sites excluding steroid dienone is 4. The lowest BCUT2D eigenvalue weighted by molar-refractivity contribution is -0.160. The van der Waals surface area contributed by atoms with Crippen molar-refractivity contribution < 1.29 is 19.1 Å². The fraction of sp³-hybridized carbons (Fsp3) is 0.864. The van der Waals surface area contributed by atoms with Crippen LogP contribution in [0.4, 0.5) is 0 Å². The van der Waals surface area contributed by atoms with Gasteiger partial charge in [-0.1, -0.05) is 162 Å². The molecule has 0 rings (SSSR count). The summed E-state index contributed by atoms with van der Waals surface area (Å²) in [6, 6.07) is -0.158. The highest BCUT2D eigenvalue weighted by atomic mass is 35.5. The summed E-state index contributed by atoms with van der Waals surface area (Å²) in [5.41, 5.74) is 6.30. The third-order valence-electron chi connectivity index (χ3n) is 9.64. The maximum Gasteiger partial charge on any atom is 0.306 e. The molecule has 0 fully saturated rings. The van der Waals surface area contributed by atoms with Crippen LogP contribution in [0.25, 0.3) is 0 Å². The zero-order valence-corrected chi connectivity index (χ0v) is 34.6. The molecule has 0 amide bonds. The first-order valence-electron chi connectivity index (χ1n) is 21.1. The van der Waals surface area contributed by atoms with Crippen molar-refractivity contribution in [2.45, 2.75) is 233 Å². The molecule has 2 N–H and O–H groups in total. The highest BCUT2D eigenvalue weighted by Gasteiger charge is 2.27. The predicted octanol–water partition coefficient (Wildman–Crippen LogP) is 13.7. The average Bonchev–Trinajstić information content (AvgIpc) is 3.06. The molecule has 0 aromatic rings. The minimum absolute atomic E-state index is 0. The van der Waals surface area contributed by atoms with Crippen molar-refractivity contribution in [2.75, 3.05) is 6.61 Å². The molecule has 0 saturated carbocycles. The summed E-state index contributed by atoms with van der Waals surface area (Å²) < 4.78 is 11.4. The van der Waals surface area contributed by atoms with Crippen molar-refractivity contribution >= 4 is 24.3 Å². The van der Waals surface area contributed by atoms with Crippen molar-refractivity contribution in [2.24, 2.45) is 11.1 Å². The van der Waals surface area contributed by atoms with Crippen LogP contribution in [0.2, 0.25) is 0 Å². The summed E-state index contributed by atoms with van der Waals surface area (Å²) in [4.78, 5) is 25.1. The molecular weight excluding hydrogens is 642 g/mol. The molecule has 0 aliphatic heterocycles. The first kappa shape index (κ1) is 50.8. The van der Waals surface area contributed by atoms with E-state index in [2.05, 4.69) is 58.9 Å². The Morgan fingerprint density at radius 2 is 0.880 bits per heavy atom. The van der Waals surface area contributed by atoms with Gasteiger partial charge in [0, 0.05) is 25.3 Å². The van der Waals surface area contributed by atoms with Crippen molar-refractivity contribution in [3.63, 3.8) is 0 Å². The number of esters is 2. The van der Waals surface area contributed by atoms with Crippen molar-refractivity contribution in [1.29, 1.82) is 0 Å². The lowest BCUT2D eigenvalue weighted by atomic mass is 9.84. The van der Waals surface area contributed by atoms with E-state index >= 15 is 0 Å². The fourth-order valence-electron chi connectivity index (χ4n) is 5.97. The van der Waals surface area contributed by atoms with Crippen LogP contribution in [0.1, 0.15) is 221 Å². The van der Waals surface area contributed by atoms with Gasteiger partial charge in [-0.3, -0.25) is 9.59 Å². The van der Waals surface area contributed by atoms with Crippen LogP contribution in [-0.2, 0) is 19.1 Å². The van der Waals surface area contributed by atoms with Crippen LogP contribution in [-0.4, -0.2) is 30.7 Å². The van der Waals surface area contributed by atoms with E-state index in [0.29, 0.717) is 19.3 Å². The minimum atomic E-state index is -0.497. The molecule has 0 radical (unpaired) electrons. The molecule has 6 heteroatoms. The monoisotopic (exact) mass is 726 g/mol. The van der Waals surface area contributed by atoms with Crippen LogP contribution in [0, 0.1) is 5.41 Å². The van der Waals surface area contributed by atoms with Gasteiger partial charge in [0.05, 0.1) is 0 Å². The standard InChI is InChI=1S/C44H83NO4.ClH/c1-6-8-10-12-14-16-18-20-22-24-26-28-30-32-34-36-42(46)48-39-40(38-41(45)44(3,4)5)49-43(47)37-35-33-31-29-27-25-23-21-19-17-15-13-11-9-7-2;/h20-23,40-41H,6-19,24-39,45H2,1-5H3;1H/b22-20-,23-21-;. The first-order valence-corrected chi connectivity index (χ1v) is 21.1. The van der Waals surface area contributed by atoms with E-state index in [1.807, 2.05) is 0 Å². The zero-order valence-electron chi connectivity index (χ0n) is 33.8. The number of ether oxygens (including phenoxy) is 2. The molecule has 2 unspecified atom stereocenters. The Kier molecular flexibility index (Phi) is 38.0. The molecule has 50 heavy (non-hydrogen) atoms. The molecule has 0 spiro atoms. The van der Waals surface area contributed by atoms with E-state index in [0.717, 1.165) is 51.4 Å². The first-order chi connectivity index (χ1) is 23.7. The summed E-state index contributed by atoms with van der Waals surface area (Å²) in [7, 11) is 0. The Bertz CT molecular complexity index is 806. The summed E-state index contributed by atoms with van der Waals surface area (Å²) >= 11 is 0. The van der Waals surface area contributed by atoms with E-state index in [1.165, 1.54) is 116 Å². The molecule has 2 atom stereocenters. The average molecular weight is 727 g/mol. The van der Waals surface area contributed by atoms with Gasteiger partial charge in [0.1, 0.15) is 12.7 Å². The Balaban J connectivity index is 0. The second-order valence-electron chi connectivity index (χ2n) is 15.7. The highest BCUT2D eigenvalue weighted by molar-refractivity contribution is 5.85. The second kappa shape index (κ2) is 37.4. The third kappa shape index (κ3) is 36.5. The second-order valence-corrected chi connectivity index (χ2v) is 15.7. The summed E-state index contributed by atoms with van der Waals surface area (Å²) in [5, 5.41) is 0. The van der Waals surface area contributed by atoms with Crippen LogP contribution in [0.5, 0.6) is 0 Å². The van der Waals surface area contributed by atoms with Gasteiger partial charge in [-0.15, -0.1) is 12.4 Å². The van der Waals surface area contributed by atoms with Crippen LogP contribution < -0.4 is 5.73 Å². The van der Waals surface area contributed by atoms with Gasteiger partial charge < -0.3 is 15.2 Å². The van der Waals surface area contributed by atoms with E-state index in [1.54, 1.807) is 0 Å². The molecule has 0 aliphatic carbocycles. The Morgan fingerprint density at radius 3 is 1.26 bits per heavy atom. The van der Waals surface area contributed by atoms with Gasteiger partial charge in [-0.25, -0.2) is 0 Å². The maximum absolute atomic E-state index is 12.7. The van der Waals surface area contributed by atoms with Gasteiger partial charge in [-0.2, -0.15) is 0 Å². The number of carbonyl (C=O) groups is 2. The third-order valence-corrected chi connectivity index (χ3v) is 9.64. The fourth-order valence-corrected chi connectivity index (χ4v) is 5.97. The molecule has 0 heterocycles. The summed E-state index contributed by atoms with van der Waals surface area (Å²) in [6.07, 6.45) is 42.1. The maximum atomic E-state index is 12.7. The number of rotatable bonds is 35. The SMILES string of the molecule is CCCCCCCC/C=C\CCCCCCCC(=O)OCC(CC(N)C(C)(C)C)OC(=O)CCCCCCC/C=C\CCCCCCCC.Cl. The van der Waals surface area contributed by atoms with Crippen LogP contribution in [0.3, 0.4) is 0 Å². The smallest absolute Gasteiger partial charge is 0.306 e. The van der Waals surface area contributed by atoms with Crippen molar-refractivity contribution in [3.05, 3.63) is 24.3 Å². The van der Waals surface area contributed by atoms with Gasteiger partial charge >= 0.3 is 11.9 Å². The Labute approximate surface area is 317 Å². The molecule has 296 valence electrons. The van der Waals surface area contributed by atoms with E-state index < -0.39 is 6.10 Å². The number of unbranched alkanes of at least 4 members (excludes halogenated alkanes) is 22. The molecule has 0 aromatic heterocycles. The molecule has 0 aromatic carbocycles. The Hall–Kier alpha value is -1.33. The van der Waals surface area contributed by atoms with Gasteiger partial charge in [-0.05, 0) is 69.6 Å². The largest absolute Gasteiger partial charge is 0.462 e. The highest BCUT2D eigenvalue weighted by Crippen LogP contribution is 2.23. The van der Waals surface area contributed by atoms with E-state index in [4.69, 9.17) is 15.2 Å². The topological polar surface area (TPSA) is 78.6 Å². The molecule has 5 nitrogen and oxygen atoms in total. The van der Waals surface area contributed by atoms with Crippen LogP contribution in [0.15, 0.2) is 24.3 Å². The molecule has 0 bridgehead atoms. The van der Waals surface area contributed by atoms with Gasteiger partial charge in [0.15, 0.2) is 0 Å². The van der Waals surface area contributed by atoms with Gasteiger partial charge in [0.25, 0.3) is 0 Å². The molecular formula is C44H84ClNO4. The summed E-state index contributed by atoms with van der Waals surface area (Å²) in [6.45, 7) is 10.9. The number of hydrogen-bond donors (Lipinski definition) is 1. The van der Waals surface area contributed by atoms with Gasteiger partial charge in [0.2, 0.25) is 0 Å². The molecule has 0 saturated heterocycles. The quantitative estimate of drug-likeness (QED) is 0.0400. The summed E-state index contributed by atoms with van der Waals surface area (Å²) in [5.74, 6) is -0.419. The van der Waals surface area contributed by atoms with E-state index in [9.17, 15) is 9.59 Å². The number of carbonyl (C=O) groups excluding carboxylic acids is 2. The lowest BCUT2D eigenvalue weighted by Crippen LogP contribution is -2.40. The van der Waals surface area contributed by atoms with Crippen LogP contribution >= 0.6 is 12.4 Å². The molecule has 0 aliphatic rings. The minimum Gasteiger partial charge on any atom is -0.462 e. The normalized spacial score (nSPS) is 13.1. The lowest BCUT2D eigenvalue weighted by Gasteiger charge is -2.30. The predicted molar refractivity (Wildman–Crippen MR) is 219 cm³/mol. The zero-order chi connectivity index (χ0) is 36.3. The number of halogens is 1. The van der Waals surface area contributed by atoms with Crippen molar-refractivity contribution in [1.82, 2.24) is 0 Å². The van der Waals surface area contributed by atoms with Crippen molar-refractivity contribution in [3.8, 4) is 0 Å². The number of hydrogen-bond acceptors (Lipinski definition) is 5. The van der Waals surface area contributed by atoms with E-state index in [-0.39, 0.29) is 42.4 Å². The number of nitrogens with two attached hydrogens (primary N) is 1.